The predicted molar refractivity (Wildman–Crippen MR) is 89.3 cm³/mol. The third-order valence-electron chi connectivity index (χ3n) is 4.19. The van der Waals surface area contributed by atoms with Crippen LogP contribution < -0.4 is 0 Å². The number of para-hydroxylation sites is 2. The zero-order chi connectivity index (χ0) is 16.4. The third-order valence-corrected chi connectivity index (χ3v) is 4.74. The summed E-state index contributed by atoms with van der Waals surface area (Å²) in [5.41, 5.74) is 1.83. The molecule has 1 amide bonds. The fraction of sp³-hybridized carbons (Fsp3) is 0.438. The van der Waals surface area contributed by atoms with Crippen LogP contribution in [-0.2, 0) is 21.9 Å². The van der Waals surface area contributed by atoms with Crippen molar-refractivity contribution in [3.63, 3.8) is 0 Å². The third kappa shape index (κ3) is 3.19. The normalized spacial score (nSPS) is 17.8. The van der Waals surface area contributed by atoms with Gasteiger partial charge in [-0.1, -0.05) is 12.1 Å². The number of nitrogens with zero attached hydrogens (tertiary/aromatic N) is 3. The van der Waals surface area contributed by atoms with Crippen molar-refractivity contribution in [2.45, 2.75) is 18.7 Å². The van der Waals surface area contributed by atoms with Crippen LogP contribution in [0.25, 0.3) is 11.0 Å². The van der Waals surface area contributed by atoms with E-state index in [0.717, 1.165) is 22.6 Å². The van der Waals surface area contributed by atoms with Gasteiger partial charge in [-0.25, -0.2) is 4.98 Å². The van der Waals surface area contributed by atoms with Gasteiger partial charge >= 0.3 is 5.97 Å². The molecule has 1 N–H and O–H groups in total. The van der Waals surface area contributed by atoms with Crippen molar-refractivity contribution >= 4 is 34.7 Å². The monoisotopic (exact) mass is 333 g/mol. The van der Waals surface area contributed by atoms with Gasteiger partial charge in [-0.05, 0) is 24.8 Å². The van der Waals surface area contributed by atoms with Gasteiger partial charge in [0.2, 0.25) is 5.91 Å². The Bertz CT molecular complexity index is 743. The number of carboxylic acid groups (broad SMARTS) is 1. The van der Waals surface area contributed by atoms with Crippen LogP contribution in [0.4, 0.5) is 0 Å². The van der Waals surface area contributed by atoms with Crippen LogP contribution in [-0.4, -0.2) is 50.8 Å². The molecule has 7 heteroatoms. The molecule has 0 aliphatic carbocycles. The lowest BCUT2D eigenvalue weighted by molar-refractivity contribution is -0.141. The zero-order valence-electron chi connectivity index (χ0n) is 12.9. The van der Waals surface area contributed by atoms with Crippen molar-refractivity contribution in [1.29, 1.82) is 0 Å². The molecule has 0 saturated carbocycles. The number of fused-ring (bicyclic) bond motifs is 1. The summed E-state index contributed by atoms with van der Waals surface area (Å²) in [6.07, 6.45) is 2.53. The van der Waals surface area contributed by atoms with Crippen molar-refractivity contribution in [1.82, 2.24) is 14.5 Å². The molecule has 0 bridgehead atoms. The van der Waals surface area contributed by atoms with E-state index in [1.54, 1.807) is 16.7 Å². The zero-order valence-corrected chi connectivity index (χ0v) is 13.8. The number of likely N-dealkylation sites (tertiary alicyclic amines) is 1. The van der Waals surface area contributed by atoms with E-state index < -0.39 is 11.9 Å². The van der Waals surface area contributed by atoms with Crippen LogP contribution >= 0.6 is 11.8 Å². The van der Waals surface area contributed by atoms with Gasteiger partial charge in [-0.3, -0.25) is 9.59 Å². The molecule has 0 spiro atoms. The van der Waals surface area contributed by atoms with Crippen LogP contribution in [0.3, 0.4) is 0 Å². The largest absolute Gasteiger partial charge is 0.481 e. The van der Waals surface area contributed by atoms with Crippen molar-refractivity contribution in [3.05, 3.63) is 30.1 Å². The number of carboxylic acids is 1. The molecule has 23 heavy (non-hydrogen) atoms. The number of benzene rings is 1. The Labute approximate surface area is 138 Å². The van der Waals surface area contributed by atoms with E-state index in [-0.39, 0.29) is 12.5 Å². The second-order valence-electron chi connectivity index (χ2n) is 5.70. The first-order chi connectivity index (χ1) is 11.1. The number of thioether (sulfide) groups is 1. The van der Waals surface area contributed by atoms with Crippen molar-refractivity contribution < 1.29 is 14.7 Å². The number of hydrogen-bond acceptors (Lipinski definition) is 4. The van der Waals surface area contributed by atoms with Crippen molar-refractivity contribution in [3.8, 4) is 0 Å². The second-order valence-corrected chi connectivity index (χ2v) is 6.57. The smallest absolute Gasteiger partial charge is 0.308 e. The molecule has 1 aromatic heterocycles. The first-order valence-electron chi connectivity index (χ1n) is 7.54. The van der Waals surface area contributed by atoms with Crippen molar-refractivity contribution in [2.75, 3.05) is 19.3 Å². The van der Waals surface area contributed by atoms with E-state index in [2.05, 4.69) is 4.98 Å². The first kappa shape index (κ1) is 15.9. The minimum Gasteiger partial charge on any atom is -0.481 e. The molecular weight excluding hydrogens is 314 g/mol. The molecule has 1 unspecified atom stereocenters. The fourth-order valence-electron chi connectivity index (χ4n) is 2.96. The maximum Gasteiger partial charge on any atom is 0.308 e. The van der Waals surface area contributed by atoms with Crippen LogP contribution in [0.1, 0.15) is 12.2 Å². The van der Waals surface area contributed by atoms with E-state index in [1.165, 1.54) is 0 Å². The van der Waals surface area contributed by atoms with E-state index in [4.69, 9.17) is 5.11 Å². The highest BCUT2D eigenvalue weighted by molar-refractivity contribution is 7.97. The Balaban J connectivity index is 1.82. The number of aromatic nitrogens is 2. The lowest BCUT2D eigenvalue weighted by Gasteiger charge is -2.17. The first-order valence-corrected chi connectivity index (χ1v) is 8.93. The molecule has 6 nitrogen and oxygen atoms in total. The van der Waals surface area contributed by atoms with E-state index in [9.17, 15) is 9.59 Å². The van der Waals surface area contributed by atoms with Gasteiger partial charge in [0, 0.05) is 13.1 Å². The Morgan fingerprint density at radius 1 is 1.39 bits per heavy atom. The maximum absolute atomic E-state index is 12.6. The molecule has 1 aliphatic heterocycles. The maximum atomic E-state index is 12.6. The lowest BCUT2D eigenvalue weighted by atomic mass is 10.1. The van der Waals surface area contributed by atoms with Gasteiger partial charge in [-0.15, -0.1) is 0 Å². The number of amides is 1. The molecule has 3 rings (SSSR count). The average Bonchev–Trinajstić information content (AvgIpc) is 3.14. The van der Waals surface area contributed by atoms with Crippen LogP contribution in [0.5, 0.6) is 0 Å². The van der Waals surface area contributed by atoms with Gasteiger partial charge in [-0.2, -0.15) is 11.8 Å². The molecule has 1 aliphatic rings. The summed E-state index contributed by atoms with van der Waals surface area (Å²) in [7, 11) is 0. The lowest BCUT2D eigenvalue weighted by Crippen LogP contribution is -2.33. The summed E-state index contributed by atoms with van der Waals surface area (Å²) in [6, 6.07) is 7.77. The predicted octanol–water partition coefficient (Wildman–Crippen LogP) is 1.83. The Morgan fingerprint density at radius 2 is 2.17 bits per heavy atom. The highest BCUT2D eigenvalue weighted by Gasteiger charge is 2.31. The van der Waals surface area contributed by atoms with Gasteiger partial charge in [0.05, 0.1) is 22.7 Å². The highest BCUT2D eigenvalue weighted by Crippen LogP contribution is 2.21. The minimum atomic E-state index is -0.823. The summed E-state index contributed by atoms with van der Waals surface area (Å²) < 4.78 is 1.95. The van der Waals surface area contributed by atoms with Crippen LogP contribution in [0.2, 0.25) is 0 Å². The molecule has 1 atom stereocenters. The van der Waals surface area contributed by atoms with Crippen LogP contribution in [0, 0.1) is 5.92 Å². The molecule has 122 valence electrons. The van der Waals surface area contributed by atoms with E-state index >= 15 is 0 Å². The topological polar surface area (TPSA) is 75.4 Å². The van der Waals surface area contributed by atoms with Gasteiger partial charge in [0.25, 0.3) is 0 Å². The minimum absolute atomic E-state index is 0.0424. The molecule has 0 radical (unpaired) electrons. The Morgan fingerprint density at radius 3 is 2.87 bits per heavy atom. The number of aliphatic carboxylic acids is 1. The number of carbonyl (C=O) groups is 2. The SMILES string of the molecule is CSCc1nc2ccccc2n1CC(=O)N1CCC(C(=O)O)C1. The van der Waals surface area contributed by atoms with Gasteiger partial charge in [0.15, 0.2) is 0 Å². The number of imidazole rings is 1. The Kier molecular flexibility index (Phi) is 4.56. The Hall–Kier alpha value is -2.02. The molecule has 1 fully saturated rings. The number of rotatable bonds is 5. The van der Waals surface area contributed by atoms with Gasteiger partial charge < -0.3 is 14.6 Å². The van der Waals surface area contributed by atoms with E-state index in [0.29, 0.717) is 19.5 Å². The van der Waals surface area contributed by atoms with Crippen LogP contribution in [0.15, 0.2) is 24.3 Å². The standard InChI is InChI=1S/C16H19N3O3S/c1-23-10-14-17-12-4-2-3-5-13(12)19(14)9-15(20)18-7-6-11(8-18)16(21)22/h2-5,11H,6-10H2,1H3,(H,21,22). The van der Waals surface area contributed by atoms with Crippen molar-refractivity contribution in [2.24, 2.45) is 5.92 Å². The molecule has 2 aromatic rings. The highest BCUT2D eigenvalue weighted by atomic mass is 32.2. The summed E-state index contributed by atoms with van der Waals surface area (Å²) in [6.45, 7) is 1.03. The summed E-state index contributed by atoms with van der Waals surface area (Å²) in [5.74, 6) is 0.306. The quantitative estimate of drug-likeness (QED) is 0.903. The second kappa shape index (κ2) is 6.62. The molecule has 1 aromatic carbocycles. The molecule has 2 heterocycles. The van der Waals surface area contributed by atoms with E-state index in [1.807, 2.05) is 35.1 Å². The number of carbonyl (C=O) groups excluding carboxylic acids is 1. The summed E-state index contributed by atoms with van der Waals surface area (Å²) in [4.78, 5) is 29.9. The van der Waals surface area contributed by atoms with Gasteiger partial charge in [0.1, 0.15) is 12.4 Å². The summed E-state index contributed by atoms with van der Waals surface area (Å²) >= 11 is 1.66. The summed E-state index contributed by atoms with van der Waals surface area (Å²) in [5, 5.41) is 9.07. The molecule has 1 saturated heterocycles. The fourth-order valence-corrected chi connectivity index (χ4v) is 3.44. The number of hydrogen-bond donors (Lipinski definition) is 1. The average molecular weight is 333 g/mol. The molecular formula is C16H19N3O3S.